The Balaban J connectivity index is 1.30. The molecule has 1 aromatic carbocycles. The maximum absolute atomic E-state index is 13.0. The number of sulfonamides is 1. The number of amides is 1. The quantitative estimate of drug-likeness (QED) is 0.776. The first-order chi connectivity index (χ1) is 13.5. The first-order valence-electron chi connectivity index (χ1n) is 9.66. The lowest BCUT2D eigenvalue weighted by atomic mass is 10.1. The summed E-state index contributed by atoms with van der Waals surface area (Å²) in [6.07, 6.45) is 3.11. The fourth-order valence-corrected chi connectivity index (χ4v) is 5.96. The minimum absolute atomic E-state index is 0.0247. The van der Waals surface area contributed by atoms with Gasteiger partial charge in [-0.3, -0.25) is 9.69 Å². The van der Waals surface area contributed by atoms with E-state index in [-0.39, 0.29) is 5.91 Å². The van der Waals surface area contributed by atoms with Crippen molar-refractivity contribution in [3.63, 3.8) is 0 Å². The molecule has 1 aliphatic heterocycles. The second-order valence-electron chi connectivity index (χ2n) is 7.32. The van der Waals surface area contributed by atoms with Crippen molar-refractivity contribution < 1.29 is 13.2 Å². The number of hydrogen-bond donors (Lipinski definition) is 1. The van der Waals surface area contributed by atoms with Gasteiger partial charge in [-0.05, 0) is 54.0 Å². The van der Waals surface area contributed by atoms with Crippen molar-refractivity contribution >= 4 is 27.3 Å². The average Bonchev–Trinajstić information content (AvgIpc) is 3.38. The number of carbonyl (C=O) groups excluding carboxylic acids is 1. The molecule has 2 aromatic rings. The number of carbonyl (C=O) groups is 1. The standard InChI is InChI=1S/C20H25N3O3S2/c24-20(21-14-18-5-2-12-27-18)15-22-8-10-23(11-9-22)28(25,26)19-7-6-16-3-1-4-17(16)13-19/h2,5-7,12-13H,1,3-4,8-11,14-15H2,(H,21,24). The third-order valence-electron chi connectivity index (χ3n) is 5.45. The molecular weight excluding hydrogens is 394 g/mol. The summed E-state index contributed by atoms with van der Waals surface area (Å²) >= 11 is 1.62. The Labute approximate surface area is 170 Å². The van der Waals surface area contributed by atoms with Crippen LogP contribution in [0, 0.1) is 0 Å². The second kappa shape index (κ2) is 8.32. The highest BCUT2D eigenvalue weighted by Gasteiger charge is 2.29. The van der Waals surface area contributed by atoms with Gasteiger partial charge in [-0.25, -0.2) is 8.42 Å². The van der Waals surface area contributed by atoms with E-state index in [1.165, 1.54) is 11.1 Å². The molecule has 0 saturated carbocycles. The Morgan fingerprint density at radius 3 is 2.61 bits per heavy atom. The van der Waals surface area contributed by atoms with E-state index in [1.54, 1.807) is 21.7 Å². The first kappa shape index (κ1) is 19.6. The maximum Gasteiger partial charge on any atom is 0.243 e. The lowest BCUT2D eigenvalue weighted by Gasteiger charge is -2.33. The number of thiophene rings is 1. The van der Waals surface area contributed by atoms with Crippen LogP contribution in [0.5, 0.6) is 0 Å². The van der Waals surface area contributed by atoms with Crippen LogP contribution in [-0.4, -0.2) is 56.3 Å². The van der Waals surface area contributed by atoms with Crippen molar-refractivity contribution in [2.24, 2.45) is 0 Å². The van der Waals surface area contributed by atoms with Gasteiger partial charge in [0.15, 0.2) is 0 Å². The lowest BCUT2D eigenvalue weighted by molar-refractivity contribution is -0.122. The van der Waals surface area contributed by atoms with Crippen LogP contribution in [0.15, 0.2) is 40.6 Å². The van der Waals surface area contributed by atoms with Crippen LogP contribution in [0.1, 0.15) is 22.4 Å². The number of aryl methyl sites for hydroxylation is 2. The molecule has 2 heterocycles. The van der Waals surface area contributed by atoms with Gasteiger partial charge < -0.3 is 5.32 Å². The van der Waals surface area contributed by atoms with Crippen LogP contribution in [0.4, 0.5) is 0 Å². The van der Waals surface area contributed by atoms with E-state index in [0.29, 0.717) is 44.2 Å². The molecule has 28 heavy (non-hydrogen) atoms. The molecule has 0 radical (unpaired) electrons. The predicted molar refractivity (Wildman–Crippen MR) is 110 cm³/mol. The monoisotopic (exact) mass is 419 g/mol. The number of nitrogens with zero attached hydrogens (tertiary/aromatic N) is 2. The van der Waals surface area contributed by atoms with Crippen molar-refractivity contribution in [2.75, 3.05) is 32.7 Å². The Bertz CT molecular complexity index is 934. The third kappa shape index (κ3) is 4.30. The number of hydrogen-bond acceptors (Lipinski definition) is 5. The van der Waals surface area contributed by atoms with E-state index in [4.69, 9.17) is 0 Å². The molecular formula is C20H25N3O3S2. The summed E-state index contributed by atoms with van der Waals surface area (Å²) in [5.74, 6) is -0.0247. The highest BCUT2D eigenvalue weighted by molar-refractivity contribution is 7.89. The molecule has 6 nitrogen and oxygen atoms in total. The van der Waals surface area contributed by atoms with Gasteiger partial charge in [-0.15, -0.1) is 11.3 Å². The van der Waals surface area contributed by atoms with Crippen LogP contribution in [0.25, 0.3) is 0 Å². The van der Waals surface area contributed by atoms with Gasteiger partial charge in [0.1, 0.15) is 0 Å². The van der Waals surface area contributed by atoms with Crippen LogP contribution >= 0.6 is 11.3 Å². The average molecular weight is 420 g/mol. The zero-order valence-electron chi connectivity index (χ0n) is 15.8. The molecule has 1 saturated heterocycles. The Morgan fingerprint density at radius 1 is 1.07 bits per heavy atom. The van der Waals surface area contributed by atoms with Crippen molar-refractivity contribution in [1.82, 2.24) is 14.5 Å². The zero-order chi connectivity index (χ0) is 19.6. The second-order valence-corrected chi connectivity index (χ2v) is 10.3. The summed E-state index contributed by atoms with van der Waals surface area (Å²) in [6, 6.07) is 9.51. The van der Waals surface area contributed by atoms with Crippen molar-refractivity contribution in [1.29, 1.82) is 0 Å². The molecule has 8 heteroatoms. The Kier molecular flexibility index (Phi) is 5.82. The van der Waals surface area contributed by atoms with Crippen LogP contribution in [0.2, 0.25) is 0 Å². The maximum atomic E-state index is 13.0. The van der Waals surface area contributed by atoms with Gasteiger partial charge in [-0.1, -0.05) is 12.1 Å². The van der Waals surface area contributed by atoms with E-state index in [9.17, 15) is 13.2 Å². The van der Waals surface area contributed by atoms with E-state index in [2.05, 4.69) is 5.32 Å². The number of fused-ring (bicyclic) bond motifs is 1. The minimum Gasteiger partial charge on any atom is -0.350 e. The molecule has 0 spiro atoms. The molecule has 1 amide bonds. The van der Waals surface area contributed by atoms with Gasteiger partial charge in [-0.2, -0.15) is 4.31 Å². The van der Waals surface area contributed by atoms with E-state index in [1.807, 2.05) is 34.5 Å². The summed E-state index contributed by atoms with van der Waals surface area (Å²) < 4.78 is 27.5. The largest absolute Gasteiger partial charge is 0.350 e. The number of benzene rings is 1. The molecule has 2 aliphatic rings. The summed E-state index contributed by atoms with van der Waals surface area (Å²) in [6.45, 7) is 2.81. The SMILES string of the molecule is O=C(CN1CCN(S(=O)(=O)c2ccc3c(c2)CCC3)CC1)NCc1cccs1. The Morgan fingerprint density at radius 2 is 1.86 bits per heavy atom. The summed E-state index contributed by atoms with van der Waals surface area (Å²) in [5.41, 5.74) is 2.44. The first-order valence-corrected chi connectivity index (χ1v) is 12.0. The third-order valence-corrected chi connectivity index (χ3v) is 8.22. The van der Waals surface area contributed by atoms with E-state index in [0.717, 1.165) is 24.1 Å². The summed E-state index contributed by atoms with van der Waals surface area (Å²) in [5, 5.41) is 4.91. The molecule has 150 valence electrons. The van der Waals surface area contributed by atoms with Gasteiger partial charge in [0.2, 0.25) is 15.9 Å². The topological polar surface area (TPSA) is 69.7 Å². The fraction of sp³-hybridized carbons (Fsp3) is 0.450. The minimum atomic E-state index is -3.47. The smallest absolute Gasteiger partial charge is 0.243 e. The normalized spacial score (nSPS) is 18.1. The van der Waals surface area contributed by atoms with Gasteiger partial charge >= 0.3 is 0 Å². The lowest BCUT2D eigenvalue weighted by Crippen LogP contribution is -2.50. The molecule has 0 atom stereocenters. The number of piperazine rings is 1. The molecule has 0 bridgehead atoms. The summed E-state index contributed by atoms with van der Waals surface area (Å²) in [4.78, 5) is 15.7. The van der Waals surface area contributed by atoms with Crippen molar-refractivity contribution in [3.8, 4) is 0 Å². The van der Waals surface area contributed by atoms with Gasteiger partial charge in [0.05, 0.1) is 18.0 Å². The van der Waals surface area contributed by atoms with Crippen molar-refractivity contribution in [2.45, 2.75) is 30.7 Å². The van der Waals surface area contributed by atoms with Crippen molar-refractivity contribution in [3.05, 3.63) is 51.7 Å². The van der Waals surface area contributed by atoms with Crippen LogP contribution in [-0.2, 0) is 34.2 Å². The molecule has 1 aliphatic carbocycles. The highest BCUT2D eigenvalue weighted by Crippen LogP contribution is 2.26. The fourth-order valence-electron chi connectivity index (χ4n) is 3.84. The molecule has 1 fully saturated rings. The van der Waals surface area contributed by atoms with E-state index >= 15 is 0 Å². The molecule has 1 N–H and O–H groups in total. The van der Waals surface area contributed by atoms with Crippen LogP contribution < -0.4 is 5.32 Å². The van der Waals surface area contributed by atoms with Gasteiger partial charge in [0, 0.05) is 31.1 Å². The van der Waals surface area contributed by atoms with Crippen LogP contribution in [0.3, 0.4) is 0 Å². The number of rotatable bonds is 6. The molecule has 0 unspecified atom stereocenters. The molecule has 4 rings (SSSR count). The Hall–Kier alpha value is -1.74. The predicted octanol–water partition coefficient (Wildman–Crippen LogP) is 1.86. The molecule has 1 aromatic heterocycles. The summed E-state index contributed by atoms with van der Waals surface area (Å²) in [7, 11) is -3.47. The zero-order valence-corrected chi connectivity index (χ0v) is 17.4. The van der Waals surface area contributed by atoms with E-state index < -0.39 is 10.0 Å². The highest BCUT2D eigenvalue weighted by atomic mass is 32.2. The number of nitrogens with one attached hydrogen (secondary N) is 1. The van der Waals surface area contributed by atoms with Gasteiger partial charge in [0.25, 0.3) is 0 Å².